The molecule has 22 heavy (non-hydrogen) atoms. The van der Waals surface area contributed by atoms with Crippen molar-refractivity contribution in [2.45, 2.75) is 18.8 Å². The summed E-state index contributed by atoms with van der Waals surface area (Å²) in [6.45, 7) is 0. The third-order valence-corrected chi connectivity index (χ3v) is 3.62. The topological polar surface area (TPSA) is 58.9 Å². The molecule has 0 spiro atoms. The minimum atomic E-state index is -0.595. The molecular formula is C18H19NO3. The maximum atomic E-state index is 11.5. The first kappa shape index (κ1) is 15.8. The summed E-state index contributed by atoms with van der Waals surface area (Å²) >= 11 is 0. The molecule has 1 N–H and O–H groups in total. The van der Waals surface area contributed by atoms with Crippen molar-refractivity contribution < 1.29 is 14.7 Å². The predicted molar refractivity (Wildman–Crippen MR) is 85.2 cm³/mol. The summed E-state index contributed by atoms with van der Waals surface area (Å²) < 4.78 is 4.62. The summed E-state index contributed by atoms with van der Waals surface area (Å²) in [6.07, 6.45) is 1.00. The average molecular weight is 297 g/mol. The number of esters is 1. The van der Waals surface area contributed by atoms with Crippen LogP contribution in [0.4, 0.5) is 0 Å². The molecule has 0 aliphatic heterocycles. The molecule has 4 nitrogen and oxygen atoms in total. The molecule has 114 valence electrons. The van der Waals surface area contributed by atoms with E-state index in [4.69, 9.17) is 5.21 Å². The van der Waals surface area contributed by atoms with Crippen LogP contribution in [0.15, 0.2) is 65.8 Å². The molecule has 0 unspecified atom stereocenters. The van der Waals surface area contributed by atoms with E-state index in [0.717, 1.165) is 11.1 Å². The van der Waals surface area contributed by atoms with E-state index in [1.54, 1.807) is 0 Å². The van der Waals surface area contributed by atoms with Gasteiger partial charge < -0.3 is 9.94 Å². The summed E-state index contributed by atoms with van der Waals surface area (Å²) in [5.41, 5.74) is 2.37. The standard InChI is InChI=1S/C18H19NO3/c1-22-18(20)17(19-21)13-12-16(14-8-4-2-5-9-14)15-10-6-3-7-11-15/h2-11,16,21H,12-13H2,1H3. The van der Waals surface area contributed by atoms with Gasteiger partial charge in [-0.1, -0.05) is 65.8 Å². The lowest BCUT2D eigenvalue weighted by Gasteiger charge is -2.18. The fourth-order valence-corrected chi connectivity index (χ4v) is 2.49. The maximum Gasteiger partial charge on any atom is 0.355 e. The second-order valence-corrected chi connectivity index (χ2v) is 4.95. The summed E-state index contributed by atoms with van der Waals surface area (Å²) in [5.74, 6) is -0.467. The van der Waals surface area contributed by atoms with E-state index in [0.29, 0.717) is 12.8 Å². The molecule has 0 radical (unpaired) electrons. The van der Waals surface area contributed by atoms with Crippen LogP contribution in [-0.4, -0.2) is 24.0 Å². The molecule has 4 heteroatoms. The van der Waals surface area contributed by atoms with Crippen LogP contribution in [0.3, 0.4) is 0 Å². The Labute approximate surface area is 130 Å². The Morgan fingerprint density at radius 3 is 1.95 bits per heavy atom. The van der Waals surface area contributed by atoms with E-state index in [-0.39, 0.29) is 11.6 Å². The van der Waals surface area contributed by atoms with E-state index in [1.807, 2.05) is 36.4 Å². The maximum absolute atomic E-state index is 11.5. The molecule has 0 bridgehead atoms. The first-order chi connectivity index (χ1) is 10.8. The molecule has 0 atom stereocenters. The number of benzene rings is 2. The fraction of sp³-hybridized carbons (Fsp3) is 0.222. The van der Waals surface area contributed by atoms with Crippen LogP contribution >= 0.6 is 0 Å². The van der Waals surface area contributed by atoms with Crippen molar-refractivity contribution in [1.82, 2.24) is 0 Å². The molecule has 2 aromatic rings. The largest absolute Gasteiger partial charge is 0.464 e. The van der Waals surface area contributed by atoms with Crippen LogP contribution in [0.1, 0.15) is 29.9 Å². The molecule has 0 amide bonds. The zero-order chi connectivity index (χ0) is 15.8. The lowest BCUT2D eigenvalue weighted by atomic mass is 9.87. The van der Waals surface area contributed by atoms with E-state index < -0.39 is 5.97 Å². The molecule has 2 aromatic carbocycles. The summed E-state index contributed by atoms with van der Waals surface area (Å²) in [6, 6.07) is 20.2. The van der Waals surface area contributed by atoms with Gasteiger partial charge in [0.2, 0.25) is 0 Å². The van der Waals surface area contributed by atoms with Crippen LogP contribution < -0.4 is 0 Å². The van der Waals surface area contributed by atoms with E-state index >= 15 is 0 Å². The zero-order valence-corrected chi connectivity index (χ0v) is 12.5. The van der Waals surface area contributed by atoms with Gasteiger partial charge >= 0.3 is 5.97 Å². The average Bonchev–Trinajstić information content (AvgIpc) is 2.60. The van der Waals surface area contributed by atoms with Gasteiger partial charge in [0.1, 0.15) is 0 Å². The van der Waals surface area contributed by atoms with Crippen molar-refractivity contribution in [1.29, 1.82) is 0 Å². The van der Waals surface area contributed by atoms with Gasteiger partial charge in [0.05, 0.1) is 7.11 Å². The molecule has 0 saturated heterocycles. The highest BCUT2D eigenvalue weighted by Crippen LogP contribution is 2.29. The molecule has 0 fully saturated rings. The van der Waals surface area contributed by atoms with Crippen molar-refractivity contribution in [3.63, 3.8) is 0 Å². The molecule has 0 saturated carbocycles. The SMILES string of the molecule is COC(=O)C(CCC(c1ccccc1)c1ccccc1)=NO. The van der Waals surface area contributed by atoms with Crippen molar-refractivity contribution >= 4 is 11.7 Å². The van der Waals surface area contributed by atoms with Crippen LogP contribution in [0.2, 0.25) is 0 Å². The Morgan fingerprint density at radius 1 is 1.05 bits per heavy atom. The lowest BCUT2D eigenvalue weighted by molar-refractivity contribution is -0.133. The number of rotatable bonds is 6. The second-order valence-electron chi connectivity index (χ2n) is 4.95. The van der Waals surface area contributed by atoms with E-state index in [9.17, 15) is 4.79 Å². The number of carbonyl (C=O) groups is 1. The highest BCUT2D eigenvalue weighted by Gasteiger charge is 2.18. The molecule has 0 aliphatic carbocycles. The first-order valence-corrected chi connectivity index (χ1v) is 7.15. The van der Waals surface area contributed by atoms with Crippen molar-refractivity contribution in [2.75, 3.05) is 7.11 Å². The van der Waals surface area contributed by atoms with Crippen LogP contribution in [-0.2, 0) is 9.53 Å². The van der Waals surface area contributed by atoms with Gasteiger partial charge in [0.15, 0.2) is 5.71 Å². The Bertz CT molecular complexity index is 584. The van der Waals surface area contributed by atoms with Gasteiger partial charge in [-0.25, -0.2) is 4.79 Å². The van der Waals surface area contributed by atoms with Crippen molar-refractivity contribution in [2.24, 2.45) is 5.16 Å². The Hall–Kier alpha value is -2.62. The minimum absolute atomic E-state index is 0.0411. The first-order valence-electron chi connectivity index (χ1n) is 7.15. The molecular weight excluding hydrogens is 278 g/mol. The minimum Gasteiger partial charge on any atom is -0.464 e. The Kier molecular flexibility index (Phi) is 5.72. The zero-order valence-electron chi connectivity index (χ0n) is 12.5. The highest BCUT2D eigenvalue weighted by molar-refractivity contribution is 6.36. The Morgan fingerprint density at radius 2 is 1.55 bits per heavy atom. The van der Waals surface area contributed by atoms with Gasteiger partial charge in [-0.3, -0.25) is 0 Å². The van der Waals surface area contributed by atoms with Gasteiger partial charge in [-0.15, -0.1) is 0 Å². The Balaban J connectivity index is 2.21. The predicted octanol–water partition coefficient (Wildman–Crippen LogP) is 3.60. The van der Waals surface area contributed by atoms with Crippen LogP contribution in [0.25, 0.3) is 0 Å². The van der Waals surface area contributed by atoms with Crippen molar-refractivity contribution in [3.05, 3.63) is 71.8 Å². The monoisotopic (exact) mass is 297 g/mol. The molecule has 0 heterocycles. The summed E-state index contributed by atoms with van der Waals surface area (Å²) in [7, 11) is 1.28. The van der Waals surface area contributed by atoms with Crippen LogP contribution in [0, 0.1) is 0 Å². The van der Waals surface area contributed by atoms with Crippen LogP contribution in [0.5, 0.6) is 0 Å². The van der Waals surface area contributed by atoms with Gasteiger partial charge in [0, 0.05) is 12.3 Å². The lowest BCUT2D eigenvalue weighted by Crippen LogP contribution is -2.17. The number of hydrogen-bond acceptors (Lipinski definition) is 4. The number of carbonyl (C=O) groups excluding carboxylic acids is 1. The van der Waals surface area contributed by atoms with Gasteiger partial charge in [-0.2, -0.15) is 0 Å². The van der Waals surface area contributed by atoms with E-state index in [2.05, 4.69) is 34.2 Å². The number of hydrogen-bond donors (Lipinski definition) is 1. The number of ether oxygens (including phenoxy) is 1. The summed E-state index contributed by atoms with van der Waals surface area (Å²) in [5, 5.41) is 12.0. The summed E-state index contributed by atoms with van der Waals surface area (Å²) in [4.78, 5) is 11.5. The fourth-order valence-electron chi connectivity index (χ4n) is 2.49. The highest BCUT2D eigenvalue weighted by atomic mass is 16.5. The molecule has 0 aliphatic rings. The number of methoxy groups -OCH3 is 1. The van der Waals surface area contributed by atoms with Gasteiger partial charge in [-0.05, 0) is 17.5 Å². The normalized spacial score (nSPS) is 11.5. The third-order valence-electron chi connectivity index (χ3n) is 3.62. The molecule has 2 rings (SSSR count). The van der Waals surface area contributed by atoms with Gasteiger partial charge in [0.25, 0.3) is 0 Å². The van der Waals surface area contributed by atoms with E-state index in [1.165, 1.54) is 7.11 Å². The smallest absolute Gasteiger partial charge is 0.355 e. The van der Waals surface area contributed by atoms with Crippen molar-refractivity contribution in [3.8, 4) is 0 Å². The molecule has 0 aromatic heterocycles. The third kappa shape index (κ3) is 3.95. The second kappa shape index (κ2) is 7.98. The quantitative estimate of drug-likeness (QED) is 0.383. The number of oxime groups is 1. The number of nitrogens with zero attached hydrogens (tertiary/aromatic N) is 1.